The fourth-order valence-corrected chi connectivity index (χ4v) is 4.47. The molecule has 2 aromatic rings. The number of carbonyl (C=O) groups is 2. The fraction of sp³-hybridized carbons (Fsp3) is 0.571. The minimum absolute atomic E-state index is 0. The largest absolute Gasteiger partial charge is 0.371 e. The van der Waals surface area contributed by atoms with E-state index in [1.807, 2.05) is 36.3 Å². The highest BCUT2D eigenvalue weighted by molar-refractivity contribution is 6.30. The molecule has 4 rings (SSSR count). The average Bonchev–Trinajstić information content (AvgIpc) is 2.91. The molecule has 2 aliphatic rings. The molecule has 0 bridgehead atoms. The van der Waals surface area contributed by atoms with E-state index in [9.17, 15) is 9.59 Å². The first-order valence-electron chi connectivity index (χ1n) is 13.1. The number of halogens is 2. The number of aromatic nitrogens is 2. The van der Waals surface area contributed by atoms with E-state index < -0.39 is 0 Å². The summed E-state index contributed by atoms with van der Waals surface area (Å²) < 4.78 is 0. The van der Waals surface area contributed by atoms with Crippen molar-refractivity contribution in [2.24, 2.45) is 11.8 Å². The van der Waals surface area contributed by atoms with Crippen LogP contribution in [0.2, 0.25) is 5.02 Å². The van der Waals surface area contributed by atoms with Crippen LogP contribution in [0.4, 0.5) is 5.69 Å². The van der Waals surface area contributed by atoms with Gasteiger partial charge in [-0.25, -0.2) is 0 Å². The molecule has 38 heavy (non-hydrogen) atoms. The molecule has 2 saturated heterocycles. The number of pyridine rings is 2. The van der Waals surface area contributed by atoms with Crippen LogP contribution in [0.1, 0.15) is 39.5 Å². The third kappa shape index (κ3) is 13.4. The molecule has 1 N–H and O–H groups in total. The molecule has 0 unspecified atom stereocenters. The van der Waals surface area contributed by atoms with E-state index in [4.69, 9.17) is 11.6 Å². The number of piperidine rings is 2. The molecule has 2 aliphatic heterocycles. The summed E-state index contributed by atoms with van der Waals surface area (Å²) in [5.41, 5.74) is 1.25. The third-order valence-electron chi connectivity index (χ3n) is 6.88. The van der Waals surface area contributed by atoms with Gasteiger partial charge in [-0.15, -0.1) is 12.4 Å². The Morgan fingerprint density at radius 2 is 1.26 bits per heavy atom. The highest BCUT2D eigenvalue weighted by atomic mass is 35.5. The molecule has 212 valence electrons. The first kappa shape index (κ1) is 33.6. The maximum absolute atomic E-state index is 11.2. The predicted octanol–water partition coefficient (Wildman–Crippen LogP) is 4.40. The molecule has 0 aliphatic carbocycles. The maximum Gasteiger partial charge on any atom is 0.219 e. The van der Waals surface area contributed by atoms with E-state index in [-0.39, 0.29) is 24.2 Å². The smallest absolute Gasteiger partial charge is 0.219 e. The third-order valence-corrected chi connectivity index (χ3v) is 7.13. The average molecular weight is 568 g/mol. The molecule has 0 saturated carbocycles. The highest BCUT2D eigenvalue weighted by Gasteiger charge is 2.21. The minimum Gasteiger partial charge on any atom is -0.371 e. The van der Waals surface area contributed by atoms with Gasteiger partial charge in [-0.05, 0) is 74.9 Å². The Labute approximate surface area is 239 Å². The van der Waals surface area contributed by atoms with Crippen molar-refractivity contribution in [2.45, 2.75) is 39.5 Å². The molecule has 10 heteroatoms. The van der Waals surface area contributed by atoms with Gasteiger partial charge in [-0.2, -0.15) is 0 Å². The summed E-state index contributed by atoms with van der Waals surface area (Å²) in [6.45, 7) is 9.43. The van der Waals surface area contributed by atoms with Gasteiger partial charge >= 0.3 is 0 Å². The van der Waals surface area contributed by atoms with Crippen LogP contribution < -0.4 is 10.2 Å². The first-order chi connectivity index (χ1) is 17.8. The van der Waals surface area contributed by atoms with E-state index in [1.165, 1.54) is 18.5 Å². The number of nitrogens with one attached hydrogen (secondary N) is 1. The summed E-state index contributed by atoms with van der Waals surface area (Å²) in [6.07, 6.45) is 11.7. The van der Waals surface area contributed by atoms with Crippen molar-refractivity contribution >= 4 is 41.5 Å². The van der Waals surface area contributed by atoms with Gasteiger partial charge in [0.1, 0.15) is 0 Å². The van der Waals surface area contributed by atoms with Gasteiger partial charge in [-0.1, -0.05) is 11.6 Å². The van der Waals surface area contributed by atoms with Crippen molar-refractivity contribution in [1.82, 2.24) is 25.1 Å². The van der Waals surface area contributed by atoms with Crippen LogP contribution in [0, 0.1) is 11.8 Å². The van der Waals surface area contributed by atoms with Crippen LogP contribution in [-0.2, 0) is 9.59 Å². The van der Waals surface area contributed by atoms with Gasteiger partial charge in [0.05, 0.1) is 0 Å². The molecule has 4 heterocycles. The molecule has 2 amide bonds. The predicted molar refractivity (Wildman–Crippen MR) is 158 cm³/mol. The van der Waals surface area contributed by atoms with Crippen LogP contribution in [0.15, 0.2) is 49.1 Å². The molecule has 0 spiro atoms. The molecule has 2 fully saturated rings. The van der Waals surface area contributed by atoms with Gasteiger partial charge in [-0.3, -0.25) is 19.6 Å². The molecule has 0 aromatic carbocycles. The Hall–Kier alpha value is -2.42. The summed E-state index contributed by atoms with van der Waals surface area (Å²) in [6, 6.07) is 7.59. The van der Waals surface area contributed by atoms with E-state index in [1.54, 1.807) is 38.4 Å². The van der Waals surface area contributed by atoms with Crippen LogP contribution >= 0.6 is 24.0 Å². The van der Waals surface area contributed by atoms with Gasteiger partial charge < -0.3 is 20.0 Å². The van der Waals surface area contributed by atoms with E-state index in [0.29, 0.717) is 11.8 Å². The monoisotopic (exact) mass is 566 g/mol. The van der Waals surface area contributed by atoms with Crippen LogP contribution in [0.25, 0.3) is 0 Å². The summed E-state index contributed by atoms with van der Waals surface area (Å²) in [5.74, 6) is 1.68. The highest BCUT2D eigenvalue weighted by Crippen LogP contribution is 2.23. The van der Waals surface area contributed by atoms with Crippen molar-refractivity contribution in [3.8, 4) is 0 Å². The number of hydrogen-bond donors (Lipinski definition) is 1. The normalized spacial score (nSPS) is 15.6. The second kappa shape index (κ2) is 18.8. The lowest BCUT2D eigenvalue weighted by molar-refractivity contribution is -0.129. The number of hydrogen-bond acceptors (Lipinski definition) is 6. The standard InChI is InChI=1S/C14H21N3O.C9H18N2O.C5H4ClN.ClH/c1-12(18)16(2)11-13-5-9-17(10-6-13)14-3-7-15-8-4-14;1-8(12)11(2)7-9-3-5-10-6-4-9;6-5-1-3-7-4-2-5;/h3-4,7-8,13H,5-6,9-11H2,1-2H3;9-10H,3-7H2,1-2H3;1-4H;1H. The van der Waals surface area contributed by atoms with E-state index in [2.05, 4.69) is 32.3 Å². The summed E-state index contributed by atoms with van der Waals surface area (Å²) >= 11 is 5.50. The fourth-order valence-electron chi connectivity index (χ4n) is 4.36. The van der Waals surface area contributed by atoms with Gasteiger partial charge in [0.2, 0.25) is 11.8 Å². The molecule has 2 aromatic heterocycles. The SMILES string of the molecule is CC(=O)N(C)CC1CCN(c2ccncc2)CC1.CC(=O)N(C)CC1CCNCC1.Cl.Clc1ccncc1. The quantitative estimate of drug-likeness (QED) is 0.577. The molecular formula is C28H44Cl2N6O2. The Morgan fingerprint density at radius 3 is 1.66 bits per heavy atom. The zero-order chi connectivity index (χ0) is 27.0. The van der Waals surface area contributed by atoms with Crippen molar-refractivity contribution in [3.05, 3.63) is 54.1 Å². The number of carbonyl (C=O) groups excluding carboxylic acids is 2. The van der Waals surface area contributed by atoms with Crippen molar-refractivity contribution in [2.75, 3.05) is 58.3 Å². The lowest BCUT2D eigenvalue weighted by Gasteiger charge is -2.35. The van der Waals surface area contributed by atoms with Crippen LogP contribution in [0.5, 0.6) is 0 Å². The Balaban J connectivity index is 0.000000311. The number of rotatable bonds is 5. The molecule has 0 radical (unpaired) electrons. The topological polar surface area (TPSA) is 81.7 Å². The Bertz CT molecular complexity index is 908. The lowest BCUT2D eigenvalue weighted by Crippen LogP contribution is -2.38. The number of anilines is 1. The summed E-state index contributed by atoms with van der Waals surface area (Å²) in [7, 11) is 3.77. The van der Waals surface area contributed by atoms with Crippen molar-refractivity contribution < 1.29 is 9.59 Å². The van der Waals surface area contributed by atoms with Gasteiger partial charge in [0.15, 0.2) is 0 Å². The Morgan fingerprint density at radius 1 is 0.842 bits per heavy atom. The Kier molecular flexibility index (Phi) is 16.6. The molecule has 8 nitrogen and oxygen atoms in total. The zero-order valence-corrected chi connectivity index (χ0v) is 24.8. The van der Waals surface area contributed by atoms with E-state index in [0.717, 1.165) is 57.1 Å². The summed E-state index contributed by atoms with van der Waals surface area (Å²) in [5, 5.41) is 4.05. The van der Waals surface area contributed by atoms with Gasteiger partial charge in [0.25, 0.3) is 0 Å². The maximum atomic E-state index is 11.2. The zero-order valence-electron chi connectivity index (χ0n) is 23.2. The molecule has 0 atom stereocenters. The second-order valence-electron chi connectivity index (χ2n) is 9.79. The first-order valence-corrected chi connectivity index (χ1v) is 13.5. The van der Waals surface area contributed by atoms with Crippen molar-refractivity contribution in [1.29, 1.82) is 0 Å². The number of nitrogens with zero attached hydrogens (tertiary/aromatic N) is 5. The van der Waals surface area contributed by atoms with Gasteiger partial charge in [0, 0.05) is 89.6 Å². The van der Waals surface area contributed by atoms with Crippen LogP contribution in [-0.4, -0.2) is 84.9 Å². The van der Waals surface area contributed by atoms with Crippen molar-refractivity contribution in [3.63, 3.8) is 0 Å². The van der Waals surface area contributed by atoms with E-state index >= 15 is 0 Å². The van der Waals surface area contributed by atoms with Crippen LogP contribution in [0.3, 0.4) is 0 Å². The lowest BCUT2D eigenvalue weighted by atomic mass is 9.96. The summed E-state index contributed by atoms with van der Waals surface area (Å²) in [4.78, 5) is 36.0. The number of amides is 2. The minimum atomic E-state index is 0. The second-order valence-corrected chi connectivity index (χ2v) is 10.2. The molecular weight excluding hydrogens is 523 g/mol.